The molecule has 9 heteroatoms. The third kappa shape index (κ3) is 5.62. The normalized spacial score (nSPS) is 12.0. The minimum atomic E-state index is -3.67. The van der Waals surface area contributed by atoms with Gasteiger partial charge in [0.1, 0.15) is 0 Å². The van der Waals surface area contributed by atoms with Crippen molar-refractivity contribution in [2.24, 2.45) is 0 Å². The first-order valence-corrected chi connectivity index (χ1v) is 11.5. The van der Waals surface area contributed by atoms with Gasteiger partial charge in [-0.1, -0.05) is 12.1 Å². The molecule has 0 saturated carbocycles. The average molecular weight is 411 g/mol. The van der Waals surface area contributed by atoms with E-state index in [-0.39, 0.29) is 22.9 Å². The van der Waals surface area contributed by atoms with Gasteiger partial charge in [-0.25, -0.2) is 21.6 Å². The Kier molecular flexibility index (Phi) is 6.40. The molecule has 2 rings (SSSR count). The maximum Gasteiger partial charge on any atom is 0.251 e. The molecule has 0 aliphatic heterocycles. The van der Waals surface area contributed by atoms with Crippen molar-refractivity contribution < 1.29 is 21.6 Å². The third-order valence-electron chi connectivity index (χ3n) is 3.88. The second kappa shape index (κ2) is 8.20. The lowest BCUT2D eigenvalue weighted by Crippen LogP contribution is -2.35. The van der Waals surface area contributed by atoms with Crippen LogP contribution in [0.1, 0.15) is 21.5 Å². The van der Waals surface area contributed by atoms with Crippen molar-refractivity contribution in [3.05, 3.63) is 59.2 Å². The van der Waals surface area contributed by atoms with Gasteiger partial charge < -0.3 is 5.32 Å². The number of aryl methyl sites for hydroxylation is 2. The molecule has 7 nitrogen and oxygen atoms in total. The van der Waals surface area contributed by atoms with Crippen LogP contribution in [0.15, 0.2) is 52.3 Å². The molecule has 0 saturated heterocycles. The molecule has 0 bridgehead atoms. The summed E-state index contributed by atoms with van der Waals surface area (Å²) in [6.07, 6.45) is 1.09. The van der Waals surface area contributed by atoms with Crippen LogP contribution in [0.2, 0.25) is 0 Å². The number of amides is 1. The topological polar surface area (TPSA) is 109 Å². The number of rotatable bonds is 7. The van der Waals surface area contributed by atoms with Gasteiger partial charge in [-0.2, -0.15) is 0 Å². The van der Waals surface area contributed by atoms with Crippen LogP contribution < -0.4 is 10.0 Å². The Morgan fingerprint density at radius 2 is 1.56 bits per heavy atom. The summed E-state index contributed by atoms with van der Waals surface area (Å²) in [5.41, 5.74) is 1.77. The average Bonchev–Trinajstić information content (AvgIpc) is 2.60. The number of sulfonamides is 1. The van der Waals surface area contributed by atoms with Crippen molar-refractivity contribution >= 4 is 25.8 Å². The lowest BCUT2D eigenvalue weighted by molar-refractivity contribution is 0.0954. The van der Waals surface area contributed by atoms with Crippen molar-refractivity contribution in [3.63, 3.8) is 0 Å². The van der Waals surface area contributed by atoms with Crippen molar-refractivity contribution in [2.45, 2.75) is 23.6 Å². The smallest absolute Gasteiger partial charge is 0.251 e. The van der Waals surface area contributed by atoms with E-state index in [0.29, 0.717) is 11.1 Å². The molecule has 146 valence electrons. The molecule has 0 unspecified atom stereocenters. The Bertz CT molecular complexity index is 1040. The van der Waals surface area contributed by atoms with Gasteiger partial charge in [-0.3, -0.25) is 4.79 Å². The van der Waals surface area contributed by atoms with Gasteiger partial charge in [0.15, 0.2) is 9.84 Å². The minimum Gasteiger partial charge on any atom is -0.351 e. The van der Waals surface area contributed by atoms with Gasteiger partial charge in [0.2, 0.25) is 10.0 Å². The van der Waals surface area contributed by atoms with Crippen LogP contribution in [-0.2, 0) is 19.9 Å². The van der Waals surface area contributed by atoms with E-state index >= 15 is 0 Å². The molecule has 0 aromatic heterocycles. The maximum absolute atomic E-state index is 12.4. The molecule has 0 aliphatic rings. The number of hydrogen-bond donors (Lipinski definition) is 2. The Hall–Kier alpha value is -2.23. The zero-order valence-corrected chi connectivity index (χ0v) is 16.9. The zero-order valence-electron chi connectivity index (χ0n) is 15.3. The number of hydrogen-bond acceptors (Lipinski definition) is 5. The van der Waals surface area contributed by atoms with Gasteiger partial charge in [0.05, 0.1) is 9.79 Å². The first-order valence-electron chi connectivity index (χ1n) is 8.16. The van der Waals surface area contributed by atoms with E-state index in [2.05, 4.69) is 10.0 Å². The molecule has 0 radical (unpaired) electrons. The predicted octanol–water partition coefficient (Wildman–Crippen LogP) is 1.42. The Morgan fingerprint density at radius 3 is 2.15 bits per heavy atom. The van der Waals surface area contributed by atoms with Crippen molar-refractivity contribution in [3.8, 4) is 0 Å². The van der Waals surface area contributed by atoms with Gasteiger partial charge in [0.25, 0.3) is 5.91 Å². The molecule has 0 spiro atoms. The highest BCUT2D eigenvalue weighted by atomic mass is 32.2. The van der Waals surface area contributed by atoms with Gasteiger partial charge in [0, 0.05) is 24.9 Å². The Morgan fingerprint density at radius 1 is 0.926 bits per heavy atom. The van der Waals surface area contributed by atoms with Crippen molar-refractivity contribution in [1.82, 2.24) is 10.0 Å². The van der Waals surface area contributed by atoms with E-state index in [1.165, 1.54) is 24.3 Å². The maximum atomic E-state index is 12.4. The highest BCUT2D eigenvalue weighted by molar-refractivity contribution is 7.90. The fourth-order valence-corrected chi connectivity index (χ4v) is 4.38. The first kappa shape index (κ1) is 21.1. The summed E-state index contributed by atoms with van der Waals surface area (Å²) in [4.78, 5) is 12.4. The molecule has 0 fully saturated rings. The standard InChI is InChI=1S/C18H22N2O5S2/c1-13-4-5-14(2)17(12-13)27(24,25)20-11-10-19-18(21)15-6-8-16(9-7-15)26(3,22)23/h4-9,12,20H,10-11H2,1-3H3,(H,19,21). The second-order valence-electron chi connectivity index (χ2n) is 6.22. The molecule has 0 heterocycles. The molecule has 27 heavy (non-hydrogen) atoms. The molecular weight excluding hydrogens is 388 g/mol. The number of sulfone groups is 1. The van der Waals surface area contributed by atoms with Crippen LogP contribution in [0.4, 0.5) is 0 Å². The lowest BCUT2D eigenvalue weighted by atomic mass is 10.2. The predicted molar refractivity (Wildman–Crippen MR) is 103 cm³/mol. The largest absolute Gasteiger partial charge is 0.351 e. The highest BCUT2D eigenvalue weighted by Crippen LogP contribution is 2.16. The minimum absolute atomic E-state index is 0.0306. The molecule has 1 amide bonds. The summed E-state index contributed by atoms with van der Waals surface area (Å²) in [6, 6.07) is 10.7. The van der Waals surface area contributed by atoms with Gasteiger partial charge >= 0.3 is 0 Å². The second-order valence-corrected chi connectivity index (χ2v) is 9.97. The van der Waals surface area contributed by atoms with E-state index in [0.717, 1.165) is 11.8 Å². The van der Waals surface area contributed by atoms with E-state index in [1.54, 1.807) is 19.1 Å². The summed E-state index contributed by atoms with van der Waals surface area (Å²) < 4.78 is 50.0. The molecule has 2 N–H and O–H groups in total. The Labute approximate surface area is 159 Å². The Balaban J connectivity index is 1.92. The van der Waals surface area contributed by atoms with E-state index in [1.807, 2.05) is 13.0 Å². The number of nitrogens with one attached hydrogen (secondary N) is 2. The quantitative estimate of drug-likeness (QED) is 0.671. The van der Waals surface area contributed by atoms with E-state index in [9.17, 15) is 21.6 Å². The molecule has 2 aromatic rings. The van der Waals surface area contributed by atoms with Crippen LogP contribution in [0, 0.1) is 13.8 Å². The molecule has 2 aromatic carbocycles. The summed E-state index contributed by atoms with van der Waals surface area (Å²) in [7, 11) is -6.99. The summed E-state index contributed by atoms with van der Waals surface area (Å²) in [5, 5.41) is 2.59. The lowest BCUT2D eigenvalue weighted by Gasteiger charge is -2.11. The zero-order chi connectivity index (χ0) is 20.2. The van der Waals surface area contributed by atoms with Gasteiger partial charge in [-0.05, 0) is 55.3 Å². The molecule has 0 atom stereocenters. The van der Waals surface area contributed by atoms with E-state index < -0.39 is 25.8 Å². The summed E-state index contributed by atoms with van der Waals surface area (Å²) in [6.45, 7) is 3.66. The number of carbonyl (C=O) groups excluding carboxylic acids is 1. The summed E-state index contributed by atoms with van der Waals surface area (Å²) >= 11 is 0. The number of carbonyl (C=O) groups is 1. The van der Waals surface area contributed by atoms with Crippen LogP contribution in [0.25, 0.3) is 0 Å². The number of benzene rings is 2. The molecule has 0 aliphatic carbocycles. The van der Waals surface area contributed by atoms with Crippen LogP contribution in [0.5, 0.6) is 0 Å². The fourth-order valence-electron chi connectivity index (χ4n) is 2.39. The first-order chi connectivity index (χ1) is 12.5. The third-order valence-corrected chi connectivity index (χ3v) is 6.61. The van der Waals surface area contributed by atoms with Crippen LogP contribution >= 0.6 is 0 Å². The fraction of sp³-hybridized carbons (Fsp3) is 0.278. The highest BCUT2D eigenvalue weighted by Gasteiger charge is 2.16. The van der Waals surface area contributed by atoms with Crippen LogP contribution in [-0.4, -0.2) is 42.1 Å². The SMILES string of the molecule is Cc1ccc(C)c(S(=O)(=O)NCCNC(=O)c2ccc(S(C)(=O)=O)cc2)c1. The van der Waals surface area contributed by atoms with E-state index in [4.69, 9.17) is 0 Å². The van der Waals surface area contributed by atoms with Crippen molar-refractivity contribution in [2.75, 3.05) is 19.3 Å². The monoisotopic (exact) mass is 410 g/mol. The molecular formula is C18H22N2O5S2. The van der Waals surface area contributed by atoms with Crippen LogP contribution in [0.3, 0.4) is 0 Å². The van der Waals surface area contributed by atoms with Gasteiger partial charge in [-0.15, -0.1) is 0 Å². The van der Waals surface area contributed by atoms with Crippen molar-refractivity contribution in [1.29, 1.82) is 0 Å². The summed E-state index contributed by atoms with van der Waals surface area (Å²) in [5.74, 6) is -0.416.